The molecule has 4 heteroatoms. The maximum atomic E-state index is 11.7. The Hall–Kier alpha value is -1.68. The molecule has 2 rings (SSSR count). The van der Waals surface area contributed by atoms with E-state index in [4.69, 9.17) is 0 Å². The molecule has 0 atom stereocenters. The number of rotatable bonds is 5. The number of Topliss-reactive ketones (excluding diaryl/α,β-unsaturated/α-hetero) is 1. The Morgan fingerprint density at radius 3 is 2.37 bits per heavy atom. The SMILES string of the molecule is CC(=O)c1ccc(NC(=O)CNC2CCCC2)cc1. The van der Waals surface area contributed by atoms with Crippen molar-refractivity contribution in [1.82, 2.24) is 5.32 Å². The quantitative estimate of drug-likeness (QED) is 0.799. The summed E-state index contributed by atoms with van der Waals surface area (Å²) in [7, 11) is 0. The molecule has 1 amide bonds. The van der Waals surface area contributed by atoms with Crippen LogP contribution in [0.1, 0.15) is 43.0 Å². The molecule has 0 spiro atoms. The third kappa shape index (κ3) is 4.17. The highest BCUT2D eigenvalue weighted by molar-refractivity contribution is 5.96. The van der Waals surface area contributed by atoms with Crippen LogP contribution in [0.15, 0.2) is 24.3 Å². The molecular formula is C15H20N2O2. The number of carbonyl (C=O) groups excluding carboxylic acids is 2. The van der Waals surface area contributed by atoms with Crippen molar-refractivity contribution in [1.29, 1.82) is 0 Å². The third-order valence-corrected chi connectivity index (χ3v) is 3.48. The molecule has 0 radical (unpaired) electrons. The van der Waals surface area contributed by atoms with Crippen molar-refractivity contribution < 1.29 is 9.59 Å². The van der Waals surface area contributed by atoms with Crippen LogP contribution in [-0.4, -0.2) is 24.3 Å². The fourth-order valence-electron chi connectivity index (χ4n) is 2.36. The smallest absolute Gasteiger partial charge is 0.238 e. The third-order valence-electron chi connectivity index (χ3n) is 3.48. The van der Waals surface area contributed by atoms with Gasteiger partial charge in [-0.25, -0.2) is 0 Å². The molecule has 0 unspecified atom stereocenters. The second kappa shape index (κ2) is 6.48. The number of carbonyl (C=O) groups is 2. The number of hydrogen-bond donors (Lipinski definition) is 2. The van der Waals surface area contributed by atoms with Crippen LogP contribution >= 0.6 is 0 Å². The fraction of sp³-hybridized carbons (Fsp3) is 0.467. The van der Waals surface area contributed by atoms with Crippen molar-refractivity contribution in [3.05, 3.63) is 29.8 Å². The Morgan fingerprint density at radius 2 is 1.79 bits per heavy atom. The first-order valence-corrected chi connectivity index (χ1v) is 6.79. The van der Waals surface area contributed by atoms with Gasteiger partial charge in [0.2, 0.25) is 5.91 Å². The van der Waals surface area contributed by atoms with Gasteiger partial charge < -0.3 is 10.6 Å². The molecule has 1 fully saturated rings. The van der Waals surface area contributed by atoms with Crippen molar-refractivity contribution >= 4 is 17.4 Å². The van der Waals surface area contributed by atoms with Gasteiger partial charge in [0.15, 0.2) is 5.78 Å². The van der Waals surface area contributed by atoms with E-state index >= 15 is 0 Å². The zero-order valence-electron chi connectivity index (χ0n) is 11.2. The predicted molar refractivity (Wildman–Crippen MR) is 75.3 cm³/mol. The van der Waals surface area contributed by atoms with Crippen molar-refractivity contribution in [2.45, 2.75) is 38.6 Å². The first-order valence-electron chi connectivity index (χ1n) is 6.79. The van der Waals surface area contributed by atoms with Crippen LogP contribution in [0.3, 0.4) is 0 Å². The van der Waals surface area contributed by atoms with E-state index < -0.39 is 0 Å². The van der Waals surface area contributed by atoms with E-state index in [1.54, 1.807) is 24.3 Å². The Bertz CT molecular complexity index is 448. The molecule has 0 bridgehead atoms. The lowest BCUT2D eigenvalue weighted by Gasteiger charge is -2.11. The van der Waals surface area contributed by atoms with Gasteiger partial charge in [-0.1, -0.05) is 12.8 Å². The summed E-state index contributed by atoms with van der Waals surface area (Å²) >= 11 is 0. The highest BCUT2D eigenvalue weighted by atomic mass is 16.2. The Morgan fingerprint density at radius 1 is 1.16 bits per heavy atom. The maximum absolute atomic E-state index is 11.7. The molecule has 4 nitrogen and oxygen atoms in total. The van der Waals surface area contributed by atoms with Crippen LogP contribution in [0.4, 0.5) is 5.69 Å². The summed E-state index contributed by atoms with van der Waals surface area (Å²) < 4.78 is 0. The molecule has 1 aliphatic carbocycles. The lowest BCUT2D eigenvalue weighted by molar-refractivity contribution is -0.115. The second-order valence-corrected chi connectivity index (χ2v) is 5.04. The second-order valence-electron chi connectivity index (χ2n) is 5.04. The van der Waals surface area contributed by atoms with Gasteiger partial charge in [-0.3, -0.25) is 9.59 Å². The molecule has 0 saturated heterocycles. The van der Waals surface area contributed by atoms with Crippen molar-refractivity contribution in [2.75, 3.05) is 11.9 Å². The van der Waals surface area contributed by atoms with E-state index in [1.807, 2.05) is 0 Å². The molecule has 102 valence electrons. The number of benzene rings is 1. The van der Waals surface area contributed by atoms with Gasteiger partial charge >= 0.3 is 0 Å². The van der Waals surface area contributed by atoms with Gasteiger partial charge in [0.05, 0.1) is 6.54 Å². The maximum Gasteiger partial charge on any atom is 0.238 e. The monoisotopic (exact) mass is 260 g/mol. The standard InChI is InChI=1S/C15H20N2O2/c1-11(18)12-6-8-14(9-7-12)17-15(19)10-16-13-4-2-3-5-13/h6-9,13,16H,2-5,10H2,1H3,(H,17,19). The van der Waals surface area contributed by atoms with E-state index in [0.29, 0.717) is 18.2 Å². The molecule has 1 aliphatic rings. The van der Waals surface area contributed by atoms with Gasteiger partial charge in [-0.15, -0.1) is 0 Å². The van der Waals surface area contributed by atoms with Gasteiger partial charge in [0.25, 0.3) is 0 Å². The lowest BCUT2D eigenvalue weighted by Crippen LogP contribution is -2.34. The highest BCUT2D eigenvalue weighted by Gasteiger charge is 2.15. The largest absolute Gasteiger partial charge is 0.325 e. The summed E-state index contributed by atoms with van der Waals surface area (Å²) in [5.41, 5.74) is 1.38. The average Bonchev–Trinajstić information content (AvgIpc) is 2.90. The molecular weight excluding hydrogens is 240 g/mol. The minimum atomic E-state index is -0.0394. The van der Waals surface area contributed by atoms with Crippen LogP contribution < -0.4 is 10.6 Å². The first-order chi connectivity index (χ1) is 9.15. The highest BCUT2D eigenvalue weighted by Crippen LogP contribution is 2.17. The van der Waals surface area contributed by atoms with Crippen LogP contribution in [-0.2, 0) is 4.79 Å². The number of ketones is 1. The van der Waals surface area contributed by atoms with Gasteiger partial charge in [0, 0.05) is 17.3 Å². The number of nitrogens with one attached hydrogen (secondary N) is 2. The summed E-state index contributed by atoms with van der Waals surface area (Å²) in [5.74, 6) is -0.0109. The number of hydrogen-bond acceptors (Lipinski definition) is 3. The van der Waals surface area contributed by atoms with E-state index in [-0.39, 0.29) is 11.7 Å². The Balaban J connectivity index is 1.79. The van der Waals surface area contributed by atoms with Crippen molar-refractivity contribution in [3.8, 4) is 0 Å². The predicted octanol–water partition coefficient (Wildman–Crippen LogP) is 2.36. The zero-order chi connectivity index (χ0) is 13.7. The number of anilines is 1. The van der Waals surface area contributed by atoms with Gasteiger partial charge in [-0.2, -0.15) is 0 Å². The average molecular weight is 260 g/mol. The van der Waals surface area contributed by atoms with Crippen molar-refractivity contribution in [2.24, 2.45) is 0 Å². The van der Waals surface area contributed by atoms with Crippen molar-refractivity contribution in [3.63, 3.8) is 0 Å². The lowest BCUT2D eigenvalue weighted by atomic mass is 10.1. The van der Waals surface area contributed by atoms with E-state index in [1.165, 1.54) is 32.6 Å². The molecule has 1 aromatic carbocycles. The first kappa shape index (κ1) is 13.7. The van der Waals surface area contributed by atoms with Gasteiger partial charge in [0.1, 0.15) is 0 Å². The van der Waals surface area contributed by atoms with E-state index in [0.717, 1.165) is 5.69 Å². The van der Waals surface area contributed by atoms with Crippen LogP contribution in [0.25, 0.3) is 0 Å². The molecule has 2 N–H and O–H groups in total. The summed E-state index contributed by atoms with van der Waals surface area (Å²) in [6, 6.07) is 7.45. The zero-order valence-corrected chi connectivity index (χ0v) is 11.2. The summed E-state index contributed by atoms with van der Waals surface area (Å²) in [6.45, 7) is 1.87. The fourth-order valence-corrected chi connectivity index (χ4v) is 2.36. The Labute approximate surface area is 113 Å². The van der Waals surface area contributed by atoms with Crippen LogP contribution in [0, 0.1) is 0 Å². The molecule has 19 heavy (non-hydrogen) atoms. The molecule has 0 heterocycles. The molecule has 0 aliphatic heterocycles. The summed E-state index contributed by atoms with van der Waals surface area (Å²) in [6.07, 6.45) is 4.85. The van der Waals surface area contributed by atoms with E-state index in [9.17, 15) is 9.59 Å². The molecule has 1 saturated carbocycles. The summed E-state index contributed by atoms with van der Waals surface area (Å²) in [5, 5.41) is 6.08. The normalized spacial score (nSPS) is 15.4. The minimum Gasteiger partial charge on any atom is -0.325 e. The molecule has 0 aromatic heterocycles. The van der Waals surface area contributed by atoms with E-state index in [2.05, 4.69) is 10.6 Å². The summed E-state index contributed by atoms with van der Waals surface area (Å²) in [4.78, 5) is 22.9. The minimum absolute atomic E-state index is 0.0285. The number of amides is 1. The topological polar surface area (TPSA) is 58.2 Å². The van der Waals surface area contributed by atoms with Crippen LogP contribution in [0.5, 0.6) is 0 Å². The van der Waals surface area contributed by atoms with Crippen LogP contribution in [0.2, 0.25) is 0 Å². The van der Waals surface area contributed by atoms with Gasteiger partial charge in [-0.05, 0) is 44.0 Å². The Kier molecular flexibility index (Phi) is 4.68. The molecule has 1 aromatic rings.